The molecule has 0 aliphatic rings. The highest BCUT2D eigenvalue weighted by molar-refractivity contribution is 7.91. The molecule has 13 heteroatoms. The summed E-state index contributed by atoms with van der Waals surface area (Å²) in [5.74, 6) is -3.17. The van der Waals surface area contributed by atoms with E-state index < -0.39 is 27.6 Å². The van der Waals surface area contributed by atoms with E-state index in [2.05, 4.69) is 15.4 Å². The zero-order valence-electron chi connectivity index (χ0n) is 17.9. The van der Waals surface area contributed by atoms with Crippen molar-refractivity contribution < 1.29 is 32.6 Å². The Morgan fingerprint density at radius 2 is 1.82 bits per heavy atom. The van der Waals surface area contributed by atoms with Crippen LogP contribution in [0.2, 0.25) is 5.02 Å². The van der Waals surface area contributed by atoms with Gasteiger partial charge in [0.25, 0.3) is 0 Å². The second-order valence-electron chi connectivity index (χ2n) is 6.64. The summed E-state index contributed by atoms with van der Waals surface area (Å²) in [6.45, 7) is 2.10. The summed E-state index contributed by atoms with van der Waals surface area (Å²) in [5, 5.41) is 22.5. The van der Waals surface area contributed by atoms with E-state index in [9.17, 15) is 22.4 Å². The van der Waals surface area contributed by atoms with E-state index in [-0.39, 0.29) is 20.6 Å². The lowest BCUT2D eigenvalue weighted by molar-refractivity contribution is -0.134. The number of aliphatic carboxylic acids is 2. The summed E-state index contributed by atoms with van der Waals surface area (Å²) in [6.07, 6.45) is 2.40. The van der Waals surface area contributed by atoms with E-state index in [0.717, 1.165) is 4.68 Å². The number of nitrogens with zero attached hydrogens (tertiary/aromatic N) is 3. The Labute approximate surface area is 199 Å². The van der Waals surface area contributed by atoms with Crippen molar-refractivity contribution in [3.8, 4) is 5.69 Å². The van der Waals surface area contributed by atoms with Crippen LogP contribution < -0.4 is 5.32 Å². The van der Waals surface area contributed by atoms with Crippen LogP contribution in [0, 0.1) is 12.7 Å². The lowest BCUT2D eigenvalue weighted by Crippen LogP contribution is -2.11. The van der Waals surface area contributed by atoms with Gasteiger partial charge in [-0.25, -0.2) is 27.1 Å². The summed E-state index contributed by atoms with van der Waals surface area (Å²) in [7, 11) is -2.22. The maximum atomic E-state index is 13.9. The maximum absolute atomic E-state index is 13.9. The van der Waals surface area contributed by atoms with Gasteiger partial charge in [0, 0.05) is 36.7 Å². The Hall–Kier alpha value is -3.61. The lowest BCUT2D eigenvalue weighted by atomic mass is 10.3. The largest absolute Gasteiger partial charge is 0.478 e. The van der Waals surface area contributed by atoms with Crippen molar-refractivity contribution in [2.24, 2.45) is 0 Å². The fourth-order valence-electron chi connectivity index (χ4n) is 2.57. The smallest absolute Gasteiger partial charge is 0.328 e. The SMILES string of the molecule is CNCc1cc(S(=O)(=O)c2ccc(C)nc2)n(-c2cccc(F)c2Cl)n1.O=C(O)C=CC(=O)O. The minimum absolute atomic E-state index is 0.0211. The molecule has 10 nitrogen and oxygen atoms in total. The third kappa shape index (κ3) is 6.70. The third-order valence-electron chi connectivity index (χ3n) is 4.08. The van der Waals surface area contributed by atoms with Crippen LogP contribution in [-0.4, -0.2) is 52.4 Å². The van der Waals surface area contributed by atoms with Gasteiger partial charge in [0.1, 0.15) is 10.8 Å². The Kier molecular flexibility index (Phi) is 9.01. The molecule has 0 saturated heterocycles. The van der Waals surface area contributed by atoms with Crippen LogP contribution in [0.3, 0.4) is 0 Å². The topological polar surface area (TPSA) is 151 Å². The number of hydrogen-bond donors (Lipinski definition) is 3. The maximum Gasteiger partial charge on any atom is 0.328 e. The van der Waals surface area contributed by atoms with Crippen molar-refractivity contribution >= 4 is 33.4 Å². The molecule has 0 radical (unpaired) electrons. The molecular formula is C21H20ClFN4O6S. The van der Waals surface area contributed by atoms with Gasteiger partial charge in [-0.05, 0) is 38.2 Å². The number of rotatable bonds is 7. The molecule has 3 aromatic rings. The molecule has 0 spiro atoms. The molecule has 2 aromatic heterocycles. The molecule has 3 rings (SSSR count). The van der Waals surface area contributed by atoms with Crippen LogP contribution >= 0.6 is 11.6 Å². The van der Waals surface area contributed by atoms with Crippen molar-refractivity contribution in [3.05, 3.63) is 77.0 Å². The molecular weight excluding hydrogens is 491 g/mol. The van der Waals surface area contributed by atoms with Gasteiger partial charge in [-0.15, -0.1) is 0 Å². The summed E-state index contributed by atoms with van der Waals surface area (Å²) in [5.41, 5.74) is 1.32. The average molecular weight is 511 g/mol. The first-order valence-electron chi connectivity index (χ1n) is 9.47. The summed E-state index contributed by atoms with van der Waals surface area (Å²) in [4.78, 5) is 23.2. The van der Waals surface area contributed by atoms with E-state index in [1.54, 1.807) is 20.0 Å². The van der Waals surface area contributed by atoms with E-state index in [1.807, 2.05) is 0 Å². The van der Waals surface area contributed by atoms with Gasteiger partial charge in [-0.2, -0.15) is 5.10 Å². The van der Waals surface area contributed by atoms with E-state index in [0.29, 0.717) is 30.1 Å². The lowest BCUT2D eigenvalue weighted by Gasteiger charge is -2.10. The molecule has 3 N–H and O–H groups in total. The Bertz CT molecular complexity index is 1310. The predicted octanol–water partition coefficient (Wildman–Crippen LogP) is 2.63. The molecule has 0 fully saturated rings. The number of halogens is 2. The number of carboxylic acids is 2. The molecule has 2 heterocycles. The molecule has 0 bridgehead atoms. The number of carboxylic acid groups (broad SMARTS) is 2. The van der Waals surface area contributed by atoms with Gasteiger partial charge in [0.2, 0.25) is 9.84 Å². The zero-order valence-corrected chi connectivity index (χ0v) is 19.5. The molecule has 34 heavy (non-hydrogen) atoms. The number of sulfone groups is 1. The highest BCUT2D eigenvalue weighted by atomic mass is 35.5. The molecule has 180 valence electrons. The molecule has 0 aliphatic carbocycles. The normalized spacial score (nSPS) is 11.2. The number of hydrogen-bond acceptors (Lipinski definition) is 7. The van der Waals surface area contributed by atoms with Crippen LogP contribution in [0.4, 0.5) is 4.39 Å². The zero-order chi connectivity index (χ0) is 25.5. The van der Waals surface area contributed by atoms with Crippen LogP contribution in [-0.2, 0) is 26.0 Å². The monoisotopic (exact) mass is 510 g/mol. The first kappa shape index (κ1) is 26.6. The van der Waals surface area contributed by atoms with Gasteiger partial charge >= 0.3 is 11.9 Å². The number of aryl methyl sites for hydroxylation is 1. The molecule has 0 amide bonds. The molecule has 0 saturated carbocycles. The van der Waals surface area contributed by atoms with Gasteiger partial charge < -0.3 is 15.5 Å². The Morgan fingerprint density at radius 1 is 1.18 bits per heavy atom. The Balaban J connectivity index is 0.000000440. The number of nitrogens with one attached hydrogen (secondary N) is 1. The van der Waals surface area contributed by atoms with Crippen LogP contribution in [0.5, 0.6) is 0 Å². The minimum atomic E-state index is -3.93. The van der Waals surface area contributed by atoms with Crippen molar-refractivity contribution in [2.45, 2.75) is 23.4 Å². The third-order valence-corrected chi connectivity index (χ3v) is 6.16. The second-order valence-corrected chi connectivity index (χ2v) is 8.91. The summed E-state index contributed by atoms with van der Waals surface area (Å²) < 4.78 is 41.2. The quantitative estimate of drug-likeness (QED) is 0.407. The molecule has 0 atom stereocenters. The van der Waals surface area contributed by atoms with Crippen LogP contribution in [0.1, 0.15) is 11.4 Å². The van der Waals surface area contributed by atoms with Crippen LogP contribution in [0.25, 0.3) is 5.69 Å². The van der Waals surface area contributed by atoms with Crippen molar-refractivity contribution in [1.29, 1.82) is 0 Å². The van der Waals surface area contributed by atoms with Gasteiger partial charge in [0.05, 0.1) is 16.3 Å². The van der Waals surface area contributed by atoms with E-state index >= 15 is 0 Å². The number of benzene rings is 1. The summed E-state index contributed by atoms with van der Waals surface area (Å²) >= 11 is 6.04. The van der Waals surface area contributed by atoms with Gasteiger partial charge in [0.15, 0.2) is 5.03 Å². The standard InChI is InChI=1S/C17H16ClFN4O2S.C4H4O4/c1-11-6-7-13(10-21-11)26(24,25)16-8-12(9-20-2)22-23(16)15-5-3-4-14(19)17(15)18;5-3(6)1-2-4(7)8/h3-8,10,20H,9H2,1-2H3;1-2H,(H,5,6)(H,7,8). The highest BCUT2D eigenvalue weighted by Crippen LogP contribution is 2.29. The first-order chi connectivity index (χ1) is 16.0. The van der Waals surface area contributed by atoms with Crippen molar-refractivity contribution in [1.82, 2.24) is 20.1 Å². The minimum Gasteiger partial charge on any atom is -0.478 e. The highest BCUT2D eigenvalue weighted by Gasteiger charge is 2.26. The second kappa shape index (κ2) is 11.5. The number of carbonyl (C=O) groups is 2. The average Bonchev–Trinajstić information content (AvgIpc) is 3.20. The van der Waals surface area contributed by atoms with E-state index in [1.165, 1.54) is 36.5 Å². The van der Waals surface area contributed by atoms with Gasteiger partial charge in [-0.1, -0.05) is 17.7 Å². The van der Waals surface area contributed by atoms with Crippen molar-refractivity contribution in [3.63, 3.8) is 0 Å². The molecule has 1 aromatic carbocycles. The fraction of sp³-hybridized carbons (Fsp3) is 0.143. The molecule has 0 unspecified atom stereocenters. The van der Waals surface area contributed by atoms with Crippen LogP contribution in [0.15, 0.2) is 64.7 Å². The van der Waals surface area contributed by atoms with Crippen molar-refractivity contribution in [2.75, 3.05) is 7.05 Å². The number of pyridine rings is 1. The van der Waals surface area contributed by atoms with Gasteiger partial charge in [-0.3, -0.25) is 4.98 Å². The Morgan fingerprint density at radius 3 is 2.35 bits per heavy atom. The summed E-state index contributed by atoms with van der Waals surface area (Å²) in [6, 6.07) is 8.67. The first-order valence-corrected chi connectivity index (χ1v) is 11.3. The van der Waals surface area contributed by atoms with E-state index in [4.69, 9.17) is 21.8 Å². The molecule has 0 aliphatic heterocycles. The predicted molar refractivity (Wildman–Crippen MR) is 120 cm³/mol. The number of aromatic nitrogens is 3. The fourth-order valence-corrected chi connectivity index (χ4v) is 4.12.